The second-order valence-corrected chi connectivity index (χ2v) is 3.92. The number of nitrogens with one attached hydrogen (secondary N) is 2. The summed E-state index contributed by atoms with van der Waals surface area (Å²) < 4.78 is 18.5. The van der Waals surface area contributed by atoms with Crippen LogP contribution in [-0.4, -0.2) is 16.3 Å². The molecule has 1 aliphatic heterocycles. The Bertz CT molecular complexity index is 176. The van der Waals surface area contributed by atoms with Crippen LogP contribution in [0.1, 0.15) is 25.7 Å². The smallest absolute Gasteiger partial charge is 0.210 e. The molecule has 1 saturated heterocycles. The predicted molar refractivity (Wildman–Crippen MR) is 41.5 cm³/mol. The van der Waals surface area contributed by atoms with Crippen molar-refractivity contribution in [2.45, 2.75) is 37.8 Å². The third-order valence-electron chi connectivity index (χ3n) is 2.29. The van der Waals surface area contributed by atoms with Crippen LogP contribution >= 0.6 is 0 Å². The lowest BCUT2D eigenvalue weighted by Gasteiger charge is -2.34. The zero-order valence-corrected chi connectivity index (χ0v) is 7.02. The average molecular weight is 176 g/mol. The molecule has 0 aromatic carbocycles. The van der Waals surface area contributed by atoms with Gasteiger partial charge in [0, 0.05) is 12.1 Å². The minimum Gasteiger partial charge on any atom is -0.210 e. The van der Waals surface area contributed by atoms with Crippen LogP contribution in [0.5, 0.6) is 0 Å². The quantitative estimate of drug-likeness (QED) is 0.546. The van der Waals surface area contributed by atoms with Gasteiger partial charge in [-0.25, -0.2) is 8.93 Å². The van der Waals surface area contributed by atoms with E-state index >= 15 is 0 Å². The van der Waals surface area contributed by atoms with Gasteiger partial charge in [-0.3, -0.25) is 0 Å². The van der Waals surface area contributed by atoms with Gasteiger partial charge in [0.15, 0.2) is 0 Å². The van der Waals surface area contributed by atoms with E-state index in [4.69, 9.17) is 4.28 Å². The van der Waals surface area contributed by atoms with Crippen molar-refractivity contribution in [2.75, 3.05) is 0 Å². The maximum Gasteiger partial charge on any atom is 0.252 e. The Morgan fingerprint density at radius 1 is 1.27 bits per heavy atom. The Hall–Kier alpha value is 0.0300. The van der Waals surface area contributed by atoms with Crippen molar-refractivity contribution < 1.29 is 8.49 Å². The van der Waals surface area contributed by atoms with Gasteiger partial charge in [-0.2, -0.15) is 9.76 Å². The molecule has 0 aromatic heterocycles. The fourth-order valence-electron chi connectivity index (χ4n) is 1.67. The van der Waals surface area contributed by atoms with E-state index in [-0.39, 0.29) is 0 Å². The van der Waals surface area contributed by atoms with Crippen LogP contribution in [0.15, 0.2) is 0 Å². The van der Waals surface area contributed by atoms with Crippen molar-refractivity contribution in [3.05, 3.63) is 0 Å². The number of fused-ring (bicyclic) bond motifs is 1. The average Bonchev–Trinajstić information content (AvgIpc) is 2.04. The third-order valence-corrected chi connectivity index (χ3v) is 3.03. The molecule has 0 bridgehead atoms. The summed E-state index contributed by atoms with van der Waals surface area (Å²) in [5.41, 5.74) is 2.81. The molecule has 0 amide bonds. The maximum absolute atomic E-state index is 10.8. The molecule has 4 nitrogen and oxygen atoms in total. The summed E-state index contributed by atoms with van der Waals surface area (Å²) in [5.74, 6) is 0. The van der Waals surface area contributed by atoms with E-state index in [1.54, 1.807) is 0 Å². The Morgan fingerprint density at radius 3 is 2.82 bits per heavy atom. The topological polar surface area (TPSA) is 50.4 Å². The molecule has 1 heterocycles. The van der Waals surface area contributed by atoms with Crippen LogP contribution in [0, 0.1) is 0 Å². The zero-order valence-electron chi connectivity index (χ0n) is 6.21. The molecule has 2 aliphatic rings. The monoisotopic (exact) mass is 176 g/mol. The van der Waals surface area contributed by atoms with E-state index in [9.17, 15) is 4.21 Å². The van der Waals surface area contributed by atoms with Crippen LogP contribution in [-0.2, 0) is 15.6 Å². The Kier molecular flexibility index (Phi) is 2.22. The number of hydroxylamine groups is 1. The lowest BCUT2D eigenvalue weighted by molar-refractivity contribution is 0.107. The first-order valence-electron chi connectivity index (χ1n) is 3.97. The van der Waals surface area contributed by atoms with E-state index < -0.39 is 11.3 Å². The summed E-state index contributed by atoms with van der Waals surface area (Å²) in [7, 11) is 0. The van der Waals surface area contributed by atoms with Crippen molar-refractivity contribution in [2.24, 2.45) is 0 Å². The molecule has 2 fully saturated rings. The van der Waals surface area contributed by atoms with Crippen molar-refractivity contribution in [1.82, 2.24) is 10.2 Å². The van der Waals surface area contributed by atoms with Gasteiger partial charge in [0.25, 0.3) is 11.3 Å². The highest BCUT2D eigenvalue weighted by Crippen LogP contribution is 2.20. The van der Waals surface area contributed by atoms with Crippen molar-refractivity contribution in [3.63, 3.8) is 0 Å². The Labute approximate surface area is 68.4 Å². The molecule has 3 unspecified atom stereocenters. The molecular weight excluding hydrogens is 164 g/mol. The summed E-state index contributed by atoms with van der Waals surface area (Å²) in [6.07, 6.45) is 4.69. The van der Waals surface area contributed by atoms with Crippen LogP contribution in [0.25, 0.3) is 0 Å². The molecule has 2 N–H and O–H groups in total. The largest absolute Gasteiger partial charge is 0.252 e. The third kappa shape index (κ3) is 1.61. The van der Waals surface area contributed by atoms with E-state index in [1.807, 2.05) is 0 Å². The van der Waals surface area contributed by atoms with Crippen molar-refractivity contribution in [1.29, 1.82) is 0 Å². The van der Waals surface area contributed by atoms with Gasteiger partial charge in [-0.05, 0) is 12.8 Å². The molecule has 2 rings (SSSR count). The van der Waals surface area contributed by atoms with E-state index in [0.29, 0.717) is 12.1 Å². The fraction of sp³-hybridized carbons (Fsp3) is 1.00. The second kappa shape index (κ2) is 3.18. The molecule has 1 aliphatic carbocycles. The zero-order chi connectivity index (χ0) is 7.68. The molecule has 11 heavy (non-hydrogen) atoms. The first-order valence-corrected chi connectivity index (χ1v) is 5.04. The van der Waals surface area contributed by atoms with Gasteiger partial charge in [-0.1, -0.05) is 12.8 Å². The lowest BCUT2D eigenvalue weighted by Crippen LogP contribution is -2.56. The number of rotatable bonds is 0. The van der Waals surface area contributed by atoms with Gasteiger partial charge in [-0.15, -0.1) is 0 Å². The molecule has 64 valence electrons. The lowest BCUT2D eigenvalue weighted by atomic mass is 9.92. The van der Waals surface area contributed by atoms with Crippen LogP contribution in [0.2, 0.25) is 0 Å². The van der Waals surface area contributed by atoms with Gasteiger partial charge in [0.1, 0.15) is 0 Å². The van der Waals surface area contributed by atoms with Crippen molar-refractivity contribution >= 4 is 11.3 Å². The summed E-state index contributed by atoms with van der Waals surface area (Å²) in [4.78, 5) is 0. The van der Waals surface area contributed by atoms with Gasteiger partial charge in [0.2, 0.25) is 0 Å². The summed E-state index contributed by atoms with van der Waals surface area (Å²) in [6.45, 7) is 0. The van der Waals surface area contributed by atoms with Crippen LogP contribution in [0.4, 0.5) is 0 Å². The first-order chi connectivity index (χ1) is 5.36. The molecule has 0 spiro atoms. The van der Waals surface area contributed by atoms with E-state index in [1.165, 1.54) is 12.8 Å². The van der Waals surface area contributed by atoms with Gasteiger partial charge >= 0.3 is 0 Å². The normalized spacial score (nSPS) is 44.9. The molecule has 3 atom stereocenters. The van der Waals surface area contributed by atoms with Crippen molar-refractivity contribution in [3.8, 4) is 0 Å². The highest BCUT2D eigenvalue weighted by molar-refractivity contribution is 7.78. The molecule has 0 radical (unpaired) electrons. The summed E-state index contributed by atoms with van der Waals surface area (Å²) in [5, 5.41) is 0. The Morgan fingerprint density at radius 2 is 2.00 bits per heavy atom. The molecule has 1 saturated carbocycles. The summed E-state index contributed by atoms with van der Waals surface area (Å²) in [6, 6.07) is 0.708. The first kappa shape index (κ1) is 7.67. The minimum atomic E-state index is -1.32. The van der Waals surface area contributed by atoms with Crippen LogP contribution < -0.4 is 10.2 Å². The molecule has 5 heteroatoms. The predicted octanol–water partition coefficient (Wildman–Crippen LogP) is 0.000700. The minimum absolute atomic E-state index is 0.346. The second-order valence-electron chi connectivity index (χ2n) is 3.05. The van der Waals surface area contributed by atoms with Gasteiger partial charge < -0.3 is 0 Å². The fourth-order valence-corrected chi connectivity index (χ4v) is 2.45. The SMILES string of the molecule is O=S1NC2CCCCC2NO1. The molecular formula is C6H12N2O2S. The maximum atomic E-state index is 10.8. The number of hydrogen-bond acceptors (Lipinski definition) is 3. The highest BCUT2D eigenvalue weighted by atomic mass is 32.2. The Balaban J connectivity index is 1.98. The highest BCUT2D eigenvalue weighted by Gasteiger charge is 2.30. The van der Waals surface area contributed by atoms with E-state index in [2.05, 4.69) is 10.2 Å². The van der Waals surface area contributed by atoms with E-state index in [0.717, 1.165) is 12.8 Å². The molecule has 0 aromatic rings. The summed E-state index contributed by atoms with van der Waals surface area (Å²) >= 11 is -1.32. The van der Waals surface area contributed by atoms with Crippen LogP contribution in [0.3, 0.4) is 0 Å². The van der Waals surface area contributed by atoms with Gasteiger partial charge in [0.05, 0.1) is 0 Å². The number of hydrogen-bond donors (Lipinski definition) is 2. The standard InChI is InChI=1S/C6H12N2O2S/c9-11-8-6-4-2-1-3-5(6)7-10-11/h5-8H,1-4H2.